The number of hydrogen-bond acceptors (Lipinski definition) is 6. The Morgan fingerprint density at radius 3 is 2.68 bits per heavy atom. The number of fused-ring (bicyclic) bond motifs is 1. The van der Waals surface area contributed by atoms with Crippen LogP contribution < -0.4 is 9.47 Å². The predicted molar refractivity (Wildman–Crippen MR) is 118 cm³/mol. The summed E-state index contributed by atoms with van der Waals surface area (Å²) < 4.78 is 12.1. The van der Waals surface area contributed by atoms with E-state index in [1.165, 1.54) is 0 Å². The number of aryl methyl sites for hydroxylation is 1. The number of amides is 1. The van der Waals surface area contributed by atoms with Gasteiger partial charge in [0.1, 0.15) is 22.8 Å². The van der Waals surface area contributed by atoms with Gasteiger partial charge in [-0.3, -0.25) is 9.78 Å². The summed E-state index contributed by atoms with van der Waals surface area (Å²) in [5.74, 6) is 2.16. The molecule has 31 heavy (non-hydrogen) atoms. The molecule has 0 unspecified atom stereocenters. The van der Waals surface area contributed by atoms with Crippen molar-refractivity contribution in [3.8, 4) is 11.5 Å². The maximum Gasteiger partial charge on any atom is 0.274 e. The first kappa shape index (κ1) is 21.6. The zero-order chi connectivity index (χ0) is 22.0. The molecule has 0 radical (unpaired) electrons. The Labute approximate surface area is 184 Å². The first-order chi connectivity index (χ1) is 14.9. The van der Waals surface area contributed by atoms with E-state index in [0.29, 0.717) is 24.7 Å². The summed E-state index contributed by atoms with van der Waals surface area (Å²) in [7, 11) is 5.90. The van der Waals surface area contributed by atoms with E-state index in [9.17, 15) is 4.79 Å². The van der Waals surface area contributed by atoms with Gasteiger partial charge >= 0.3 is 0 Å². The number of carbonyl (C=O) groups is 1. The number of ether oxygens (including phenoxy) is 2. The molecule has 1 aliphatic heterocycles. The van der Waals surface area contributed by atoms with Crippen molar-refractivity contribution in [1.29, 1.82) is 0 Å². The van der Waals surface area contributed by atoms with Crippen molar-refractivity contribution in [1.82, 2.24) is 19.8 Å². The molecule has 0 atom stereocenters. The van der Waals surface area contributed by atoms with Gasteiger partial charge < -0.3 is 19.3 Å². The maximum absolute atomic E-state index is 13.4. The summed E-state index contributed by atoms with van der Waals surface area (Å²) in [6.45, 7) is 3.97. The van der Waals surface area contributed by atoms with E-state index in [1.807, 2.05) is 30.0 Å². The first-order valence-corrected chi connectivity index (χ1v) is 11.0. The van der Waals surface area contributed by atoms with Gasteiger partial charge in [0.15, 0.2) is 0 Å². The zero-order valence-corrected chi connectivity index (χ0v) is 18.9. The molecule has 1 aromatic heterocycles. The van der Waals surface area contributed by atoms with Gasteiger partial charge in [-0.05, 0) is 70.8 Å². The molecular weight excluding hydrogens is 392 g/mol. The van der Waals surface area contributed by atoms with Crippen molar-refractivity contribution in [2.45, 2.75) is 44.8 Å². The highest BCUT2D eigenvalue weighted by Gasteiger charge is 2.42. The van der Waals surface area contributed by atoms with Crippen LogP contribution in [0.1, 0.15) is 47.4 Å². The summed E-state index contributed by atoms with van der Waals surface area (Å²) in [5.41, 5.74) is 1.74. The lowest BCUT2D eigenvalue weighted by Crippen LogP contribution is -2.50. The predicted octanol–water partition coefficient (Wildman–Crippen LogP) is 3.32. The van der Waals surface area contributed by atoms with Crippen LogP contribution in [-0.4, -0.2) is 65.6 Å². The van der Waals surface area contributed by atoms with Crippen LogP contribution in [0, 0.1) is 12.8 Å². The average molecular weight is 425 g/mol. The van der Waals surface area contributed by atoms with E-state index in [4.69, 9.17) is 9.47 Å². The van der Waals surface area contributed by atoms with Crippen LogP contribution in [0.25, 0.3) is 0 Å². The molecular formula is C24H32N4O3. The Balaban J connectivity index is 1.63. The average Bonchev–Trinajstić information content (AvgIpc) is 2.91. The van der Waals surface area contributed by atoms with Crippen molar-refractivity contribution in [2.24, 2.45) is 5.92 Å². The lowest BCUT2D eigenvalue weighted by Gasteiger charge is -2.42. The lowest BCUT2D eigenvalue weighted by molar-refractivity contribution is -0.00738. The first-order valence-electron chi connectivity index (χ1n) is 11.0. The van der Waals surface area contributed by atoms with Crippen LogP contribution >= 0.6 is 0 Å². The summed E-state index contributed by atoms with van der Waals surface area (Å²) in [6.07, 6.45) is 7.25. The minimum Gasteiger partial charge on any atom is -0.497 e. The molecule has 0 N–H and O–H groups in total. The fourth-order valence-electron chi connectivity index (χ4n) is 4.75. The van der Waals surface area contributed by atoms with Gasteiger partial charge in [-0.1, -0.05) is 0 Å². The second kappa shape index (κ2) is 8.83. The number of hydrogen-bond donors (Lipinski definition) is 0. The Hall–Kier alpha value is -2.67. The Morgan fingerprint density at radius 1 is 1.26 bits per heavy atom. The lowest BCUT2D eigenvalue weighted by atomic mass is 9.78. The van der Waals surface area contributed by atoms with Crippen molar-refractivity contribution in [3.05, 3.63) is 47.5 Å². The van der Waals surface area contributed by atoms with Crippen LogP contribution in [0.15, 0.2) is 30.6 Å². The molecule has 2 aromatic rings. The molecule has 1 aromatic carbocycles. The zero-order valence-electron chi connectivity index (χ0n) is 18.9. The monoisotopic (exact) mass is 424 g/mol. The quantitative estimate of drug-likeness (QED) is 0.750. The molecule has 0 saturated heterocycles. The molecule has 1 amide bonds. The highest BCUT2D eigenvalue weighted by molar-refractivity contribution is 5.92. The van der Waals surface area contributed by atoms with Crippen molar-refractivity contribution < 1.29 is 14.3 Å². The van der Waals surface area contributed by atoms with E-state index >= 15 is 0 Å². The van der Waals surface area contributed by atoms with Crippen LogP contribution in [-0.2, 0) is 6.54 Å². The maximum atomic E-state index is 13.4. The molecule has 1 spiro atoms. The van der Waals surface area contributed by atoms with Crippen molar-refractivity contribution in [2.75, 3.05) is 34.3 Å². The smallest absolute Gasteiger partial charge is 0.274 e. The van der Waals surface area contributed by atoms with Gasteiger partial charge in [-0.25, -0.2) is 4.98 Å². The Bertz CT molecular complexity index is 921. The number of rotatable bonds is 4. The third kappa shape index (κ3) is 4.82. The number of carbonyl (C=O) groups excluding carboxylic acids is 1. The Kier molecular flexibility index (Phi) is 6.14. The standard InChI is InChI=1S/C24H32N4O3/c1-17-12-26-21(13-25-17)23(29)28-15-19-11-20(30-4)5-6-22(19)31-24(16-28)9-7-18(8-10-24)14-27(2)3/h5-6,11-13,18H,7-10,14-16H2,1-4H3. The largest absolute Gasteiger partial charge is 0.497 e. The molecule has 0 bridgehead atoms. The summed E-state index contributed by atoms with van der Waals surface area (Å²) in [6, 6.07) is 5.86. The summed E-state index contributed by atoms with van der Waals surface area (Å²) in [5, 5.41) is 0. The van der Waals surface area contributed by atoms with Crippen LogP contribution in [0.5, 0.6) is 11.5 Å². The van der Waals surface area contributed by atoms with E-state index in [0.717, 1.165) is 55.0 Å². The van der Waals surface area contributed by atoms with E-state index in [1.54, 1.807) is 19.5 Å². The van der Waals surface area contributed by atoms with Gasteiger partial charge in [-0.15, -0.1) is 0 Å². The second-order valence-electron chi connectivity index (χ2n) is 9.17. The number of methoxy groups -OCH3 is 1. The number of aromatic nitrogens is 2. The highest BCUT2D eigenvalue weighted by atomic mass is 16.5. The second-order valence-corrected chi connectivity index (χ2v) is 9.17. The topological polar surface area (TPSA) is 67.8 Å². The molecule has 2 aliphatic rings. The van der Waals surface area contributed by atoms with Gasteiger partial charge in [0.2, 0.25) is 0 Å². The highest BCUT2D eigenvalue weighted by Crippen LogP contribution is 2.41. The van der Waals surface area contributed by atoms with Crippen molar-refractivity contribution in [3.63, 3.8) is 0 Å². The normalized spacial score (nSPS) is 23.3. The van der Waals surface area contributed by atoms with Crippen LogP contribution in [0.3, 0.4) is 0 Å². The third-order valence-electron chi connectivity index (χ3n) is 6.36. The summed E-state index contributed by atoms with van der Waals surface area (Å²) in [4.78, 5) is 26.1. The molecule has 1 saturated carbocycles. The van der Waals surface area contributed by atoms with Gasteiger partial charge in [0.05, 0.1) is 25.5 Å². The van der Waals surface area contributed by atoms with E-state index in [2.05, 4.69) is 29.0 Å². The van der Waals surface area contributed by atoms with Gasteiger partial charge in [-0.2, -0.15) is 0 Å². The van der Waals surface area contributed by atoms with Crippen LogP contribution in [0.4, 0.5) is 0 Å². The van der Waals surface area contributed by atoms with E-state index in [-0.39, 0.29) is 11.5 Å². The third-order valence-corrected chi connectivity index (χ3v) is 6.36. The van der Waals surface area contributed by atoms with Gasteiger partial charge in [0, 0.05) is 24.8 Å². The number of benzene rings is 1. The minimum absolute atomic E-state index is 0.110. The molecule has 7 nitrogen and oxygen atoms in total. The number of nitrogens with zero attached hydrogens (tertiary/aromatic N) is 4. The molecule has 1 aliphatic carbocycles. The minimum atomic E-state index is -0.379. The van der Waals surface area contributed by atoms with Gasteiger partial charge in [0.25, 0.3) is 5.91 Å². The molecule has 7 heteroatoms. The fourth-order valence-corrected chi connectivity index (χ4v) is 4.75. The van der Waals surface area contributed by atoms with E-state index < -0.39 is 0 Å². The Morgan fingerprint density at radius 2 is 2.03 bits per heavy atom. The summed E-state index contributed by atoms with van der Waals surface area (Å²) >= 11 is 0. The molecule has 4 rings (SSSR count). The molecule has 166 valence electrons. The fraction of sp³-hybridized carbons (Fsp3) is 0.542. The molecule has 2 heterocycles. The molecule has 1 fully saturated rings. The SMILES string of the molecule is COc1ccc2c(c1)CN(C(=O)c1cnc(C)cn1)CC1(CCC(CN(C)C)CC1)O2. The van der Waals surface area contributed by atoms with Crippen LogP contribution in [0.2, 0.25) is 0 Å². The van der Waals surface area contributed by atoms with Crippen molar-refractivity contribution >= 4 is 5.91 Å².